The van der Waals surface area contributed by atoms with Crippen LogP contribution in [0.15, 0.2) is 29.3 Å². The van der Waals surface area contributed by atoms with Crippen LogP contribution in [0.1, 0.15) is 44.6 Å². The Morgan fingerprint density at radius 2 is 1.87 bits per heavy atom. The third-order valence-corrected chi connectivity index (χ3v) is 6.86. The number of phenols is 1. The van der Waals surface area contributed by atoms with E-state index in [1.54, 1.807) is 12.1 Å². The second kappa shape index (κ2) is 12.1. The largest absolute Gasteiger partial charge is 0.508 e. The minimum atomic E-state index is 0.205. The molecule has 3 N–H and O–H groups in total. The normalized spacial score (nSPS) is 22.6. The summed E-state index contributed by atoms with van der Waals surface area (Å²) in [4.78, 5) is 19.6. The van der Waals surface area contributed by atoms with E-state index in [-0.39, 0.29) is 5.92 Å². The molecule has 2 aliphatic rings. The molecule has 1 heterocycles. The zero-order chi connectivity index (χ0) is 21.2. The molecule has 1 amide bonds. The number of carbonyl (C=O) groups excluding carboxylic acids is 1. The number of amides is 1. The number of hydrogen-bond acceptors (Lipinski definition) is 4. The van der Waals surface area contributed by atoms with Crippen molar-refractivity contribution in [2.75, 3.05) is 37.7 Å². The maximum Gasteiger partial charge on any atom is 0.225 e. The van der Waals surface area contributed by atoms with Crippen LogP contribution < -0.4 is 10.6 Å². The minimum absolute atomic E-state index is 0.205. The molecule has 0 spiro atoms. The maximum atomic E-state index is 12.7. The molecule has 1 aliphatic carbocycles. The van der Waals surface area contributed by atoms with Crippen LogP contribution in [0, 0.1) is 5.92 Å². The molecular formula is C23H36N4O2S. The zero-order valence-electron chi connectivity index (χ0n) is 18.1. The van der Waals surface area contributed by atoms with Gasteiger partial charge in [0.25, 0.3) is 0 Å². The molecule has 1 aromatic rings. The Balaban J connectivity index is 1.40. The number of nitrogens with one attached hydrogen (secondary N) is 2. The summed E-state index contributed by atoms with van der Waals surface area (Å²) in [6.45, 7) is 5.52. The quantitative estimate of drug-likeness (QED) is 0.351. The van der Waals surface area contributed by atoms with E-state index in [4.69, 9.17) is 4.99 Å². The van der Waals surface area contributed by atoms with Crippen molar-refractivity contribution in [1.29, 1.82) is 0 Å². The maximum absolute atomic E-state index is 12.7. The van der Waals surface area contributed by atoms with E-state index < -0.39 is 0 Å². The van der Waals surface area contributed by atoms with Crippen molar-refractivity contribution < 1.29 is 9.90 Å². The molecule has 166 valence electrons. The number of hydrogen-bond donors (Lipinski definition) is 3. The minimum Gasteiger partial charge on any atom is -0.508 e. The van der Waals surface area contributed by atoms with E-state index in [0.29, 0.717) is 17.7 Å². The average Bonchev–Trinajstić information content (AvgIpc) is 2.78. The lowest BCUT2D eigenvalue weighted by molar-refractivity contribution is -0.136. The van der Waals surface area contributed by atoms with E-state index in [2.05, 4.69) is 22.5 Å². The highest BCUT2D eigenvalue weighted by Gasteiger charge is 2.30. The van der Waals surface area contributed by atoms with Gasteiger partial charge in [0.2, 0.25) is 5.91 Å². The predicted octanol–water partition coefficient (Wildman–Crippen LogP) is 3.01. The van der Waals surface area contributed by atoms with Crippen LogP contribution in [0.25, 0.3) is 0 Å². The molecular weight excluding hydrogens is 396 g/mol. The number of carbonyl (C=O) groups is 1. The first-order valence-electron chi connectivity index (χ1n) is 11.3. The SMILES string of the molecule is CCNC(=NCCCc1ccc(O)cc1)NC1CCC(C(=O)N2CCSCC2)CC1. The van der Waals surface area contributed by atoms with E-state index in [1.807, 2.05) is 23.9 Å². The molecule has 1 aliphatic heterocycles. The van der Waals surface area contributed by atoms with Crippen molar-refractivity contribution in [3.05, 3.63) is 29.8 Å². The summed E-state index contributed by atoms with van der Waals surface area (Å²) >= 11 is 1.95. The van der Waals surface area contributed by atoms with Crippen molar-refractivity contribution in [2.45, 2.75) is 51.5 Å². The van der Waals surface area contributed by atoms with Crippen molar-refractivity contribution in [3.8, 4) is 5.75 Å². The monoisotopic (exact) mass is 432 g/mol. The summed E-state index contributed by atoms with van der Waals surface area (Å²) in [6.07, 6.45) is 5.91. The van der Waals surface area contributed by atoms with Gasteiger partial charge in [-0.25, -0.2) is 0 Å². The van der Waals surface area contributed by atoms with Gasteiger partial charge in [0.1, 0.15) is 5.75 Å². The number of aryl methyl sites for hydroxylation is 1. The Labute approximate surface area is 184 Å². The van der Waals surface area contributed by atoms with Crippen molar-refractivity contribution in [2.24, 2.45) is 10.9 Å². The summed E-state index contributed by atoms with van der Waals surface area (Å²) in [7, 11) is 0. The highest BCUT2D eigenvalue weighted by atomic mass is 32.2. The van der Waals surface area contributed by atoms with Gasteiger partial charge in [-0.15, -0.1) is 0 Å². The molecule has 0 bridgehead atoms. The fourth-order valence-corrected chi connectivity index (χ4v) is 5.08. The Kier molecular flexibility index (Phi) is 9.18. The molecule has 1 saturated heterocycles. The predicted molar refractivity (Wildman–Crippen MR) is 125 cm³/mol. The smallest absolute Gasteiger partial charge is 0.225 e. The first-order chi connectivity index (χ1) is 14.7. The molecule has 2 fully saturated rings. The first kappa shape index (κ1) is 22.8. The van der Waals surface area contributed by atoms with E-state index in [0.717, 1.165) is 82.2 Å². The van der Waals surface area contributed by atoms with Crippen LogP contribution in [0.4, 0.5) is 0 Å². The van der Waals surface area contributed by atoms with Gasteiger partial charge in [-0.1, -0.05) is 12.1 Å². The van der Waals surface area contributed by atoms with Crippen LogP contribution in [-0.2, 0) is 11.2 Å². The number of aliphatic imine (C=N–C) groups is 1. The van der Waals surface area contributed by atoms with Crippen LogP contribution in [0.3, 0.4) is 0 Å². The molecule has 0 atom stereocenters. The van der Waals surface area contributed by atoms with E-state index >= 15 is 0 Å². The number of rotatable bonds is 7. The Morgan fingerprint density at radius 1 is 1.17 bits per heavy atom. The first-order valence-corrected chi connectivity index (χ1v) is 12.5. The summed E-state index contributed by atoms with van der Waals surface area (Å²) in [5, 5.41) is 16.3. The van der Waals surface area contributed by atoms with Crippen molar-refractivity contribution in [1.82, 2.24) is 15.5 Å². The number of nitrogens with zero attached hydrogens (tertiary/aromatic N) is 2. The van der Waals surface area contributed by atoms with Gasteiger partial charge in [-0.2, -0.15) is 11.8 Å². The summed E-state index contributed by atoms with van der Waals surface area (Å²) in [5.41, 5.74) is 1.22. The van der Waals surface area contributed by atoms with Gasteiger partial charge < -0.3 is 20.6 Å². The number of benzene rings is 1. The third kappa shape index (κ3) is 7.11. The number of phenolic OH excluding ortho intramolecular Hbond substituents is 1. The summed E-state index contributed by atoms with van der Waals surface area (Å²) in [5.74, 6) is 3.93. The van der Waals surface area contributed by atoms with Crippen LogP contribution in [0.5, 0.6) is 5.75 Å². The fraction of sp³-hybridized carbons (Fsp3) is 0.652. The van der Waals surface area contributed by atoms with E-state index in [1.165, 1.54) is 5.56 Å². The van der Waals surface area contributed by atoms with Gasteiger partial charge >= 0.3 is 0 Å². The summed E-state index contributed by atoms with van der Waals surface area (Å²) < 4.78 is 0. The lowest BCUT2D eigenvalue weighted by Crippen LogP contribution is -2.47. The van der Waals surface area contributed by atoms with Gasteiger partial charge in [0.15, 0.2) is 5.96 Å². The molecule has 1 saturated carbocycles. The molecule has 30 heavy (non-hydrogen) atoms. The van der Waals surface area contributed by atoms with E-state index in [9.17, 15) is 9.90 Å². The average molecular weight is 433 g/mol. The van der Waals surface area contributed by atoms with Crippen molar-refractivity contribution in [3.63, 3.8) is 0 Å². The standard InChI is InChI=1S/C23H36N4O2S/c1-2-24-23(25-13-3-4-18-5-11-21(28)12-6-18)26-20-9-7-19(8-10-20)22(29)27-14-16-30-17-15-27/h5-6,11-12,19-20,28H,2-4,7-10,13-17H2,1H3,(H2,24,25,26). The van der Waals surface area contributed by atoms with Crippen molar-refractivity contribution >= 4 is 23.6 Å². The Morgan fingerprint density at radius 3 is 2.53 bits per heavy atom. The molecule has 0 aromatic heterocycles. The van der Waals surface area contributed by atoms with Crippen LogP contribution >= 0.6 is 11.8 Å². The lowest BCUT2D eigenvalue weighted by Gasteiger charge is -2.34. The molecule has 7 heteroatoms. The van der Waals surface area contributed by atoms with Gasteiger partial charge in [-0.05, 0) is 63.1 Å². The Hall–Kier alpha value is -1.89. The number of thioether (sulfide) groups is 1. The summed E-state index contributed by atoms with van der Waals surface area (Å²) in [6, 6.07) is 7.78. The second-order valence-electron chi connectivity index (χ2n) is 8.16. The highest BCUT2D eigenvalue weighted by Crippen LogP contribution is 2.27. The molecule has 1 aromatic carbocycles. The fourth-order valence-electron chi connectivity index (χ4n) is 4.18. The topological polar surface area (TPSA) is 77.0 Å². The zero-order valence-corrected chi connectivity index (χ0v) is 18.9. The molecule has 3 rings (SSSR count). The molecule has 0 radical (unpaired) electrons. The highest BCUT2D eigenvalue weighted by molar-refractivity contribution is 7.99. The van der Waals surface area contributed by atoms with Gasteiger partial charge in [0, 0.05) is 49.6 Å². The Bertz CT molecular complexity index is 681. The molecule has 6 nitrogen and oxygen atoms in total. The van der Waals surface area contributed by atoms with Gasteiger partial charge in [0.05, 0.1) is 0 Å². The molecule has 0 unspecified atom stereocenters. The third-order valence-electron chi connectivity index (χ3n) is 5.91. The van der Waals surface area contributed by atoms with Crippen LogP contribution in [0.2, 0.25) is 0 Å². The van der Waals surface area contributed by atoms with Gasteiger partial charge in [-0.3, -0.25) is 9.79 Å². The lowest BCUT2D eigenvalue weighted by atomic mass is 9.85. The second-order valence-corrected chi connectivity index (χ2v) is 9.39. The van der Waals surface area contributed by atoms with Crippen LogP contribution in [-0.4, -0.2) is 65.6 Å². The number of guanidine groups is 1. The number of aromatic hydroxyl groups is 1.